The predicted molar refractivity (Wildman–Crippen MR) is 88.1 cm³/mol. The molecule has 114 valence electrons. The summed E-state index contributed by atoms with van der Waals surface area (Å²) >= 11 is 0. The molecule has 1 aromatic carbocycles. The molecule has 3 aliphatic carbocycles. The zero-order chi connectivity index (χ0) is 15.4. The number of aromatic nitrogens is 2. The first-order valence-electron chi connectivity index (χ1n) is 8.46. The Labute approximate surface area is 135 Å². The Morgan fingerprint density at radius 3 is 2.30 bits per heavy atom. The normalized spacial score (nSPS) is 31.7. The Bertz CT molecular complexity index is 797. The molecule has 4 atom stereocenters. The number of carbonyl (C=O) groups excluding carboxylic acids is 1. The molecule has 1 heterocycles. The van der Waals surface area contributed by atoms with Crippen LogP contribution in [0.3, 0.4) is 0 Å². The molecule has 0 amide bonds. The lowest BCUT2D eigenvalue weighted by Gasteiger charge is -2.26. The number of carbonyl (C=O) groups is 1. The molecule has 3 aliphatic rings. The number of fused-ring (bicyclic) bond motifs is 5. The van der Waals surface area contributed by atoms with Crippen molar-refractivity contribution in [2.24, 2.45) is 23.7 Å². The minimum absolute atomic E-state index is 0.169. The number of Topliss-reactive ketones (excluding diaryl/α,β-unsaturated/α-hetero) is 1. The molecule has 2 aromatic rings. The molecule has 2 bridgehead atoms. The van der Waals surface area contributed by atoms with Crippen molar-refractivity contribution in [3.05, 3.63) is 60.2 Å². The number of benzene rings is 1. The van der Waals surface area contributed by atoms with Crippen molar-refractivity contribution in [2.45, 2.75) is 19.3 Å². The molecule has 0 radical (unpaired) electrons. The topological polar surface area (TPSA) is 42.9 Å². The fourth-order valence-corrected chi connectivity index (χ4v) is 5.16. The van der Waals surface area contributed by atoms with Gasteiger partial charge in [-0.3, -0.25) is 4.79 Å². The highest BCUT2D eigenvalue weighted by Gasteiger charge is 2.57. The highest BCUT2D eigenvalue weighted by atomic mass is 16.1. The van der Waals surface area contributed by atoms with Crippen molar-refractivity contribution in [1.82, 2.24) is 9.97 Å². The van der Waals surface area contributed by atoms with Crippen LogP contribution in [-0.4, -0.2) is 15.8 Å². The number of nitrogens with zero attached hydrogens (tertiary/aromatic N) is 2. The maximum absolute atomic E-state index is 13.2. The Kier molecular flexibility index (Phi) is 2.78. The van der Waals surface area contributed by atoms with E-state index in [-0.39, 0.29) is 11.7 Å². The van der Waals surface area contributed by atoms with Gasteiger partial charge in [0.1, 0.15) is 0 Å². The summed E-state index contributed by atoms with van der Waals surface area (Å²) in [5.41, 5.74) is 3.16. The molecule has 0 aliphatic heterocycles. The lowest BCUT2D eigenvalue weighted by molar-refractivity contribution is -0.118. The average Bonchev–Trinajstić information content (AvgIpc) is 3.29. The standard InChI is InChI=1S/C20H18N2O/c23-19-17-14-8-7-13(11-14)16(17)15(12-5-2-1-3-6-12)18(19)20-21-9-4-10-22-20/h1-6,9-10,13-14,16-17H,7-8,11H2. The van der Waals surface area contributed by atoms with Gasteiger partial charge in [-0.1, -0.05) is 30.3 Å². The van der Waals surface area contributed by atoms with E-state index in [0.717, 1.165) is 5.57 Å². The summed E-state index contributed by atoms with van der Waals surface area (Å²) in [6.07, 6.45) is 7.16. The summed E-state index contributed by atoms with van der Waals surface area (Å²) < 4.78 is 0. The summed E-state index contributed by atoms with van der Waals surface area (Å²) in [6, 6.07) is 12.2. The minimum Gasteiger partial charge on any atom is -0.294 e. The molecule has 1 aromatic heterocycles. The third-order valence-electron chi connectivity index (χ3n) is 5.94. The van der Waals surface area contributed by atoms with Gasteiger partial charge >= 0.3 is 0 Å². The molecule has 2 fully saturated rings. The second-order valence-corrected chi connectivity index (χ2v) is 6.98. The maximum atomic E-state index is 13.2. The van der Waals surface area contributed by atoms with Crippen molar-refractivity contribution < 1.29 is 4.79 Å². The second kappa shape index (κ2) is 4.85. The molecule has 0 N–H and O–H groups in total. The smallest absolute Gasteiger partial charge is 0.170 e. The van der Waals surface area contributed by atoms with Crippen LogP contribution in [0.4, 0.5) is 0 Å². The van der Waals surface area contributed by atoms with Gasteiger partial charge in [-0.05, 0) is 54.2 Å². The molecule has 3 heteroatoms. The highest BCUT2D eigenvalue weighted by Crippen LogP contribution is 2.62. The summed E-state index contributed by atoms with van der Waals surface area (Å²) in [5.74, 6) is 2.66. The number of hydrogen-bond acceptors (Lipinski definition) is 3. The zero-order valence-electron chi connectivity index (χ0n) is 12.9. The molecule has 0 spiro atoms. The molecule has 4 unspecified atom stereocenters. The summed E-state index contributed by atoms with van der Waals surface area (Å²) in [6.45, 7) is 0. The predicted octanol–water partition coefficient (Wildman–Crippen LogP) is 3.63. The third kappa shape index (κ3) is 1.79. The first kappa shape index (κ1) is 13.2. The highest BCUT2D eigenvalue weighted by molar-refractivity contribution is 6.32. The van der Waals surface area contributed by atoms with E-state index in [1.807, 2.05) is 6.07 Å². The quantitative estimate of drug-likeness (QED) is 0.850. The first-order chi connectivity index (χ1) is 11.3. The van der Waals surface area contributed by atoms with Gasteiger partial charge in [0.15, 0.2) is 11.6 Å². The van der Waals surface area contributed by atoms with Crippen molar-refractivity contribution >= 4 is 16.9 Å². The largest absolute Gasteiger partial charge is 0.294 e. The van der Waals surface area contributed by atoms with Gasteiger partial charge in [0, 0.05) is 18.3 Å². The molecular weight excluding hydrogens is 284 g/mol. The zero-order valence-corrected chi connectivity index (χ0v) is 12.9. The molecule has 23 heavy (non-hydrogen) atoms. The van der Waals surface area contributed by atoms with Crippen LogP contribution in [0.5, 0.6) is 0 Å². The monoisotopic (exact) mass is 302 g/mol. The van der Waals surface area contributed by atoms with Crippen LogP contribution in [0.1, 0.15) is 30.7 Å². The van der Waals surface area contributed by atoms with Crippen LogP contribution in [0.15, 0.2) is 48.8 Å². The van der Waals surface area contributed by atoms with E-state index in [1.165, 1.54) is 30.4 Å². The van der Waals surface area contributed by atoms with Crippen molar-refractivity contribution in [1.29, 1.82) is 0 Å². The molecular formula is C20H18N2O. The van der Waals surface area contributed by atoms with E-state index in [9.17, 15) is 4.79 Å². The fraction of sp³-hybridized carbons (Fsp3) is 0.350. The van der Waals surface area contributed by atoms with Crippen LogP contribution in [-0.2, 0) is 4.79 Å². The van der Waals surface area contributed by atoms with Gasteiger partial charge in [-0.2, -0.15) is 0 Å². The van der Waals surface area contributed by atoms with Crippen molar-refractivity contribution in [3.8, 4) is 0 Å². The summed E-state index contributed by atoms with van der Waals surface area (Å²) in [5, 5.41) is 0. The number of allylic oxidation sites excluding steroid dienone is 2. The van der Waals surface area contributed by atoms with Crippen LogP contribution in [0.2, 0.25) is 0 Å². The van der Waals surface area contributed by atoms with Crippen molar-refractivity contribution in [3.63, 3.8) is 0 Å². The fourth-order valence-electron chi connectivity index (χ4n) is 5.16. The summed E-state index contributed by atoms with van der Waals surface area (Å²) in [4.78, 5) is 22.0. The number of ketones is 1. The SMILES string of the molecule is O=C1C(c2ncccn2)=C(c2ccccc2)C2C3CCC(C3)C12. The minimum atomic E-state index is 0.169. The van der Waals surface area contributed by atoms with Crippen LogP contribution in [0, 0.1) is 23.7 Å². The van der Waals surface area contributed by atoms with E-state index < -0.39 is 0 Å². The molecule has 3 nitrogen and oxygen atoms in total. The van der Waals surface area contributed by atoms with E-state index in [1.54, 1.807) is 18.5 Å². The second-order valence-electron chi connectivity index (χ2n) is 6.98. The van der Waals surface area contributed by atoms with Crippen molar-refractivity contribution in [2.75, 3.05) is 0 Å². The van der Waals surface area contributed by atoms with Crippen LogP contribution >= 0.6 is 0 Å². The van der Waals surface area contributed by atoms with E-state index in [4.69, 9.17) is 0 Å². The van der Waals surface area contributed by atoms with Gasteiger partial charge in [-0.25, -0.2) is 9.97 Å². The van der Waals surface area contributed by atoms with E-state index >= 15 is 0 Å². The summed E-state index contributed by atoms with van der Waals surface area (Å²) in [7, 11) is 0. The van der Waals surface area contributed by atoms with Gasteiger partial charge in [0.05, 0.1) is 5.57 Å². The Morgan fingerprint density at radius 2 is 1.57 bits per heavy atom. The van der Waals surface area contributed by atoms with Crippen LogP contribution in [0.25, 0.3) is 11.1 Å². The number of hydrogen-bond donors (Lipinski definition) is 0. The van der Waals surface area contributed by atoms with Gasteiger partial charge in [-0.15, -0.1) is 0 Å². The molecule has 5 rings (SSSR count). The van der Waals surface area contributed by atoms with Gasteiger partial charge in [0.2, 0.25) is 0 Å². The van der Waals surface area contributed by atoms with Gasteiger partial charge < -0.3 is 0 Å². The Morgan fingerprint density at radius 1 is 0.870 bits per heavy atom. The lowest BCUT2D eigenvalue weighted by Crippen LogP contribution is -2.24. The Balaban J connectivity index is 1.75. The molecule has 2 saturated carbocycles. The first-order valence-corrected chi connectivity index (χ1v) is 8.46. The van der Waals surface area contributed by atoms with E-state index in [0.29, 0.717) is 23.6 Å². The van der Waals surface area contributed by atoms with E-state index in [2.05, 4.69) is 34.2 Å². The Hall–Kier alpha value is -2.29. The average molecular weight is 302 g/mol. The third-order valence-corrected chi connectivity index (χ3v) is 5.94. The maximum Gasteiger partial charge on any atom is 0.170 e. The number of rotatable bonds is 2. The lowest BCUT2D eigenvalue weighted by atomic mass is 9.77. The van der Waals surface area contributed by atoms with Crippen LogP contribution < -0.4 is 0 Å². The molecule has 0 saturated heterocycles. The van der Waals surface area contributed by atoms with Gasteiger partial charge in [0.25, 0.3) is 0 Å².